The van der Waals surface area contributed by atoms with E-state index < -0.39 is 17.7 Å². The zero-order valence-electron chi connectivity index (χ0n) is 17.3. The van der Waals surface area contributed by atoms with Crippen LogP contribution in [0.1, 0.15) is 61.1 Å². The molecule has 166 valence electrons. The van der Waals surface area contributed by atoms with Crippen LogP contribution in [0.15, 0.2) is 47.6 Å². The molecule has 0 aromatic heterocycles. The summed E-state index contributed by atoms with van der Waals surface area (Å²) in [6.07, 6.45) is 5.11. The van der Waals surface area contributed by atoms with Crippen molar-refractivity contribution in [3.63, 3.8) is 0 Å². The molecule has 4 nitrogen and oxygen atoms in total. The third-order valence-corrected chi connectivity index (χ3v) is 6.03. The van der Waals surface area contributed by atoms with Gasteiger partial charge in [0.2, 0.25) is 0 Å². The van der Waals surface area contributed by atoms with Gasteiger partial charge in [0.25, 0.3) is 0 Å². The fourth-order valence-electron chi connectivity index (χ4n) is 4.35. The zero-order valence-corrected chi connectivity index (χ0v) is 17.3. The molecule has 1 aromatic carbocycles. The molecule has 2 N–H and O–H groups in total. The quantitative estimate of drug-likeness (QED) is 0.529. The molecule has 2 aliphatic carbocycles. The first-order chi connectivity index (χ1) is 14.7. The Labute approximate surface area is 179 Å². The van der Waals surface area contributed by atoms with E-state index in [2.05, 4.69) is 0 Å². The summed E-state index contributed by atoms with van der Waals surface area (Å²) in [6, 6.07) is 4.34. The lowest BCUT2D eigenvalue weighted by atomic mass is 9.80. The number of halogens is 3. The van der Waals surface area contributed by atoms with Crippen molar-refractivity contribution in [2.75, 3.05) is 7.11 Å². The molecule has 1 fully saturated rings. The number of hydrogen-bond acceptors (Lipinski definition) is 3. The van der Waals surface area contributed by atoms with Crippen molar-refractivity contribution >= 4 is 17.8 Å². The number of aliphatic carboxylic acids is 1. The van der Waals surface area contributed by atoms with E-state index in [1.807, 2.05) is 0 Å². The molecule has 0 amide bonds. The van der Waals surface area contributed by atoms with E-state index in [4.69, 9.17) is 15.3 Å². The highest BCUT2D eigenvalue weighted by atomic mass is 19.4. The molecule has 0 aliphatic heterocycles. The van der Waals surface area contributed by atoms with Crippen molar-refractivity contribution in [2.24, 2.45) is 0 Å². The van der Waals surface area contributed by atoms with E-state index in [-0.39, 0.29) is 29.6 Å². The number of methoxy groups -OCH3 is 1. The predicted octanol–water partition coefficient (Wildman–Crippen LogP) is 6.14. The molecule has 31 heavy (non-hydrogen) atoms. The number of ether oxygens (including phenoxy) is 1. The second kappa shape index (κ2) is 9.64. The van der Waals surface area contributed by atoms with E-state index in [1.165, 1.54) is 0 Å². The minimum atomic E-state index is -4.51. The number of nitrogens with one attached hydrogen (secondary N) is 1. The molecule has 1 aromatic rings. The summed E-state index contributed by atoms with van der Waals surface area (Å²) in [7, 11) is 1.68. The number of carboxylic acids is 1. The summed E-state index contributed by atoms with van der Waals surface area (Å²) in [4.78, 5) is 11.1. The average Bonchev–Trinajstić information content (AvgIpc) is 2.76. The van der Waals surface area contributed by atoms with E-state index in [0.29, 0.717) is 17.6 Å². The largest absolute Gasteiger partial charge is 0.481 e. The maximum absolute atomic E-state index is 13.8. The Balaban J connectivity index is 2.03. The first kappa shape index (κ1) is 23.0. The minimum absolute atomic E-state index is 0.0898. The van der Waals surface area contributed by atoms with Crippen molar-refractivity contribution in [1.82, 2.24) is 0 Å². The Morgan fingerprint density at radius 3 is 2.55 bits per heavy atom. The number of carbonyl (C=O) groups is 1. The van der Waals surface area contributed by atoms with Crippen LogP contribution in [-0.4, -0.2) is 30.5 Å². The summed E-state index contributed by atoms with van der Waals surface area (Å²) in [6.45, 7) is 0. The van der Waals surface area contributed by atoms with E-state index in [9.17, 15) is 18.0 Å². The molecule has 7 heteroatoms. The predicted molar refractivity (Wildman–Crippen MR) is 113 cm³/mol. The second-order valence-corrected chi connectivity index (χ2v) is 7.98. The number of rotatable bonds is 6. The third-order valence-electron chi connectivity index (χ3n) is 6.03. The van der Waals surface area contributed by atoms with Crippen LogP contribution in [-0.2, 0) is 15.7 Å². The van der Waals surface area contributed by atoms with E-state index >= 15 is 0 Å². The van der Waals surface area contributed by atoms with Crippen molar-refractivity contribution in [2.45, 2.75) is 56.7 Å². The number of alkyl halides is 3. The normalized spacial score (nSPS) is 23.3. The van der Waals surface area contributed by atoms with E-state index in [1.54, 1.807) is 37.5 Å². The molecule has 0 spiro atoms. The Morgan fingerprint density at radius 2 is 1.97 bits per heavy atom. The Morgan fingerprint density at radius 1 is 1.26 bits per heavy atom. The standard InChI is InChI=1S/C24H26F3NO3/c1-31-20-8-5-15(6-9-20)17-7-10-22(24(25,26)27)21(12-17)18-4-2-3-16(11-18)19(14-28)13-23(29)30/h2,4,7,10-12,14-15,20,28H,3,5-6,8-9,13H2,1H3,(H,29,30)/b19-16+,28-14?. The van der Waals surface area contributed by atoms with Gasteiger partial charge in [-0.25, -0.2) is 0 Å². The van der Waals surface area contributed by atoms with Crippen molar-refractivity contribution in [3.05, 3.63) is 64.3 Å². The van der Waals surface area contributed by atoms with Gasteiger partial charge < -0.3 is 15.3 Å². The summed E-state index contributed by atoms with van der Waals surface area (Å²) in [5.74, 6) is -0.903. The molecular formula is C24H26F3NO3. The molecule has 0 atom stereocenters. The van der Waals surface area contributed by atoms with Gasteiger partial charge in [0, 0.05) is 13.3 Å². The molecule has 0 saturated heterocycles. The van der Waals surface area contributed by atoms with Gasteiger partial charge in [-0.05, 0) is 71.9 Å². The third kappa shape index (κ3) is 5.53. The van der Waals surface area contributed by atoms with Gasteiger partial charge in [0.15, 0.2) is 0 Å². The fraction of sp³-hybridized carbons (Fsp3) is 0.417. The minimum Gasteiger partial charge on any atom is -0.481 e. The maximum atomic E-state index is 13.8. The van der Waals surface area contributed by atoms with Crippen molar-refractivity contribution in [1.29, 1.82) is 5.41 Å². The van der Waals surface area contributed by atoms with Crippen LogP contribution in [0.2, 0.25) is 0 Å². The molecule has 0 heterocycles. The van der Waals surface area contributed by atoms with Crippen LogP contribution in [0.5, 0.6) is 0 Å². The summed E-state index contributed by atoms with van der Waals surface area (Å²) in [5.41, 5.74) is 1.47. The summed E-state index contributed by atoms with van der Waals surface area (Å²) in [5, 5.41) is 16.6. The van der Waals surface area contributed by atoms with Gasteiger partial charge in [-0.15, -0.1) is 0 Å². The highest BCUT2D eigenvalue weighted by molar-refractivity contribution is 5.89. The van der Waals surface area contributed by atoms with Gasteiger partial charge in [0.1, 0.15) is 0 Å². The highest BCUT2D eigenvalue weighted by Crippen LogP contribution is 2.41. The zero-order chi connectivity index (χ0) is 22.6. The number of carboxylic acid groups (broad SMARTS) is 1. The Hall–Kier alpha value is -2.67. The molecule has 3 rings (SSSR count). The lowest BCUT2D eigenvalue weighted by Crippen LogP contribution is -2.19. The first-order valence-corrected chi connectivity index (χ1v) is 10.3. The van der Waals surface area contributed by atoms with Gasteiger partial charge in [-0.3, -0.25) is 4.79 Å². The number of allylic oxidation sites excluding steroid dienone is 5. The van der Waals surface area contributed by atoms with Crippen LogP contribution in [0.4, 0.5) is 13.2 Å². The summed E-state index contributed by atoms with van der Waals surface area (Å²) < 4.78 is 46.7. The summed E-state index contributed by atoms with van der Waals surface area (Å²) >= 11 is 0. The molecular weight excluding hydrogens is 407 g/mol. The van der Waals surface area contributed by atoms with Gasteiger partial charge in [0.05, 0.1) is 18.1 Å². The smallest absolute Gasteiger partial charge is 0.417 e. The second-order valence-electron chi connectivity index (χ2n) is 7.98. The maximum Gasteiger partial charge on any atom is 0.417 e. The lowest BCUT2D eigenvalue weighted by molar-refractivity contribution is -0.138. The van der Waals surface area contributed by atoms with Crippen LogP contribution in [0.3, 0.4) is 0 Å². The number of benzene rings is 1. The van der Waals surface area contributed by atoms with Crippen LogP contribution in [0, 0.1) is 5.41 Å². The van der Waals surface area contributed by atoms with Crippen LogP contribution >= 0.6 is 0 Å². The topological polar surface area (TPSA) is 70.4 Å². The SMILES string of the molecule is COC1CCC(c2ccc(C(F)(F)F)c(C3=C/C(=C(/C=N)CC(=O)O)CC=C3)c2)CC1. The van der Waals surface area contributed by atoms with Crippen LogP contribution in [0.25, 0.3) is 5.57 Å². The molecule has 0 unspecified atom stereocenters. The Kier molecular flexibility index (Phi) is 7.15. The highest BCUT2D eigenvalue weighted by Gasteiger charge is 2.35. The average molecular weight is 433 g/mol. The van der Waals surface area contributed by atoms with E-state index in [0.717, 1.165) is 43.5 Å². The first-order valence-electron chi connectivity index (χ1n) is 10.3. The van der Waals surface area contributed by atoms with Gasteiger partial charge >= 0.3 is 12.1 Å². The van der Waals surface area contributed by atoms with Gasteiger partial charge in [-0.1, -0.05) is 30.4 Å². The van der Waals surface area contributed by atoms with Gasteiger partial charge in [-0.2, -0.15) is 13.2 Å². The molecule has 0 radical (unpaired) electrons. The van der Waals surface area contributed by atoms with Crippen molar-refractivity contribution < 1.29 is 27.8 Å². The van der Waals surface area contributed by atoms with Crippen molar-refractivity contribution in [3.8, 4) is 0 Å². The fourth-order valence-corrected chi connectivity index (χ4v) is 4.35. The monoisotopic (exact) mass is 433 g/mol. The van der Waals surface area contributed by atoms with Crippen LogP contribution < -0.4 is 0 Å². The Bertz CT molecular complexity index is 936. The molecule has 0 bridgehead atoms. The number of hydrogen-bond donors (Lipinski definition) is 2. The lowest BCUT2D eigenvalue weighted by Gasteiger charge is -2.28. The molecule has 1 saturated carbocycles. The molecule has 2 aliphatic rings.